The van der Waals surface area contributed by atoms with Gasteiger partial charge in [-0.3, -0.25) is 4.79 Å². The molecule has 0 aliphatic heterocycles. The molecule has 1 amide bonds. The predicted octanol–water partition coefficient (Wildman–Crippen LogP) is 2.65. The Morgan fingerprint density at radius 1 is 1.53 bits per heavy atom. The van der Waals surface area contributed by atoms with Crippen LogP contribution < -0.4 is 5.32 Å². The molecule has 17 heavy (non-hydrogen) atoms. The average Bonchev–Trinajstić information content (AvgIpc) is 2.59. The molecule has 0 spiro atoms. The maximum Gasteiger partial charge on any atom is 0.221 e. The van der Waals surface area contributed by atoms with Gasteiger partial charge in [-0.05, 0) is 19.1 Å². The lowest BCUT2D eigenvalue weighted by Crippen LogP contribution is -2.05. The van der Waals surface area contributed by atoms with Gasteiger partial charge in [-0.25, -0.2) is 9.97 Å². The maximum atomic E-state index is 11.0. The molecule has 0 atom stereocenters. The molecule has 0 aromatic carbocycles. The Kier molecular flexibility index (Phi) is 3.19. The second-order valence-electron chi connectivity index (χ2n) is 3.62. The van der Waals surface area contributed by atoms with E-state index in [0.29, 0.717) is 5.82 Å². The summed E-state index contributed by atoms with van der Waals surface area (Å²) in [6.07, 6.45) is 1.68. The minimum absolute atomic E-state index is 0.0713. The Labute approximate surface area is 104 Å². The average molecular weight is 246 g/mol. The summed E-state index contributed by atoms with van der Waals surface area (Å²) in [5.41, 5.74) is 1.66. The van der Waals surface area contributed by atoms with Gasteiger partial charge in [-0.15, -0.1) is 11.3 Å². The first-order chi connectivity index (χ1) is 8.06. The van der Waals surface area contributed by atoms with Crippen molar-refractivity contribution in [1.29, 1.82) is 0 Å². The standard InChI is InChI=1S/C12H12N3OS/c1-7-11(15-9(3)16)6-12(17-7)10-4-5-13-8(2)14-10/h4-6H,2H2,1,3H3,(H,15,16). The first-order valence-electron chi connectivity index (χ1n) is 5.09. The van der Waals surface area contributed by atoms with E-state index in [2.05, 4.69) is 22.2 Å². The van der Waals surface area contributed by atoms with Crippen LogP contribution in [0.2, 0.25) is 0 Å². The van der Waals surface area contributed by atoms with Crippen LogP contribution in [0, 0.1) is 13.8 Å². The van der Waals surface area contributed by atoms with E-state index < -0.39 is 0 Å². The van der Waals surface area contributed by atoms with Crippen LogP contribution in [0.4, 0.5) is 5.69 Å². The van der Waals surface area contributed by atoms with Gasteiger partial charge >= 0.3 is 0 Å². The van der Waals surface area contributed by atoms with Crippen LogP contribution in [0.5, 0.6) is 0 Å². The number of rotatable bonds is 2. The highest BCUT2D eigenvalue weighted by Gasteiger charge is 2.09. The van der Waals surface area contributed by atoms with Gasteiger partial charge in [0.05, 0.1) is 16.3 Å². The number of nitrogens with zero attached hydrogens (tertiary/aromatic N) is 2. The molecule has 0 saturated heterocycles. The van der Waals surface area contributed by atoms with Crippen molar-refractivity contribution >= 4 is 22.9 Å². The molecule has 87 valence electrons. The third-order valence-electron chi connectivity index (χ3n) is 2.19. The second kappa shape index (κ2) is 4.63. The molecular weight excluding hydrogens is 234 g/mol. The zero-order chi connectivity index (χ0) is 12.4. The van der Waals surface area contributed by atoms with E-state index in [1.54, 1.807) is 17.5 Å². The Morgan fingerprint density at radius 3 is 2.94 bits per heavy atom. The number of amides is 1. The van der Waals surface area contributed by atoms with E-state index in [4.69, 9.17) is 0 Å². The van der Waals surface area contributed by atoms with Gasteiger partial charge in [-0.2, -0.15) is 0 Å². The molecule has 0 bridgehead atoms. The molecule has 4 nitrogen and oxygen atoms in total. The Bertz CT molecular complexity index is 563. The van der Waals surface area contributed by atoms with E-state index in [0.717, 1.165) is 21.1 Å². The first-order valence-corrected chi connectivity index (χ1v) is 5.91. The number of carbonyl (C=O) groups is 1. The Balaban J connectivity index is 2.37. The summed E-state index contributed by atoms with van der Waals surface area (Å²) in [6.45, 7) is 7.16. The van der Waals surface area contributed by atoms with Crippen molar-refractivity contribution in [2.24, 2.45) is 0 Å². The third-order valence-corrected chi connectivity index (χ3v) is 3.26. The van der Waals surface area contributed by atoms with E-state index in [9.17, 15) is 4.79 Å². The number of aryl methyl sites for hydroxylation is 1. The van der Waals surface area contributed by atoms with Crippen molar-refractivity contribution in [2.45, 2.75) is 13.8 Å². The molecule has 0 saturated carbocycles. The zero-order valence-electron chi connectivity index (χ0n) is 9.65. The van der Waals surface area contributed by atoms with Crippen molar-refractivity contribution in [3.8, 4) is 10.6 Å². The molecule has 1 radical (unpaired) electrons. The summed E-state index contributed by atoms with van der Waals surface area (Å²) < 4.78 is 0. The number of carbonyl (C=O) groups excluding carboxylic acids is 1. The van der Waals surface area contributed by atoms with Crippen molar-refractivity contribution in [3.05, 3.63) is 36.0 Å². The fourth-order valence-corrected chi connectivity index (χ4v) is 2.40. The minimum atomic E-state index is -0.0713. The molecule has 5 heteroatoms. The van der Waals surface area contributed by atoms with Gasteiger partial charge < -0.3 is 5.32 Å². The topological polar surface area (TPSA) is 54.9 Å². The molecule has 2 aromatic heterocycles. The van der Waals surface area contributed by atoms with Crippen LogP contribution in [-0.4, -0.2) is 15.9 Å². The number of hydrogen-bond acceptors (Lipinski definition) is 4. The molecule has 2 rings (SSSR count). The fraction of sp³-hybridized carbons (Fsp3) is 0.167. The third kappa shape index (κ3) is 2.68. The molecule has 1 N–H and O–H groups in total. The number of nitrogens with one attached hydrogen (secondary N) is 1. The van der Waals surface area contributed by atoms with Crippen LogP contribution in [0.15, 0.2) is 18.3 Å². The summed E-state index contributed by atoms with van der Waals surface area (Å²) in [5, 5.41) is 2.79. The Morgan fingerprint density at radius 2 is 2.29 bits per heavy atom. The summed E-state index contributed by atoms with van der Waals surface area (Å²) in [4.78, 5) is 21.3. The van der Waals surface area contributed by atoms with E-state index >= 15 is 0 Å². The quantitative estimate of drug-likeness (QED) is 0.886. The normalized spacial score (nSPS) is 10.3. The van der Waals surface area contributed by atoms with E-state index in [-0.39, 0.29) is 5.91 Å². The molecule has 0 aliphatic rings. The van der Waals surface area contributed by atoms with Crippen LogP contribution in [-0.2, 0) is 4.79 Å². The first kappa shape index (κ1) is 11.7. The van der Waals surface area contributed by atoms with Crippen molar-refractivity contribution in [3.63, 3.8) is 0 Å². The summed E-state index contributed by atoms with van der Waals surface area (Å²) >= 11 is 1.59. The van der Waals surface area contributed by atoms with Gasteiger partial charge in [0.1, 0.15) is 5.82 Å². The van der Waals surface area contributed by atoms with Crippen LogP contribution in [0.1, 0.15) is 17.6 Å². The molecule has 0 unspecified atom stereocenters. The lowest BCUT2D eigenvalue weighted by atomic mass is 10.3. The molecule has 0 fully saturated rings. The highest BCUT2D eigenvalue weighted by molar-refractivity contribution is 7.16. The van der Waals surface area contributed by atoms with Crippen LogP contribution >= 0.6 is 11.3 Å². The minimum Gasteiger partial charge on any atom is -0.325 e. The van der Waals surface area contributed by atoms with E-state index in [1.807, 2.05) is 19.1 Å². The van der Waals surface area contributed by atoms with Gasteiger partial charge in [0, 0.05) is 24.9 Å². The predicted molar refractivity (Wildman–Crippen MR) is 68.8 cm³/mol. The summed E-state index contributed by atoms with van der Waals surface area (Å²) in [7, 11) is 0. The molecule has 2 heterocycles. The van der Waals surface area contributed by atoms with Gasteiger partial charge in [0.2, 0.25) is 5.91 Å². The monoisotopic (exact) mass is 246 g/mol. The van der Waals surface area contributed by atoms with Crippen molar-refractivity contribution in [2.75, 3.05) is 5.32 Å². The summed E-state index contributed by atoms with van der Waals surface area (Å²) in [6, 6.07) is 3.75. The van der Waals surface area contributed by atoms with Crippen LogP contribution in [0.25, 0.3) is 10.6 Å². The highest BCUT2D eigenvalue weighted by Crippen LogP contribution is 2.33. The van der Waals surface area contributed by atoms with Crippen molar-refractivity contribution < 1.29 is 4.79 Å². The smallest absolute Gasteiger partial charge is 0.221 e. The van der Waals surface area contributed by atoms with E-state index in [1.165, 1.54) is 6.92 Å². The number of anilines is 1. The molecule has 0 aliphatic carbocycles. The molecule has 2 aromatic rings. The highest BCUT2D eigenvalue weighted by atomic mass is 32.1. The van der Waals surface area contributed by atoms with Gasteiger partial charge in [-0.1, -0.05) is 0 Å². The van der Waals surface area contributed by atoms with Crippen LogP contribution in [0.3, 0.4) is 0 Å². The zero-order valence-corrected chi connectivity index (χ0v) is 10.5. The largest absolute Gasteiger partial charge is 0.325 e. The second-order valence-corrected chi connectivity index (χ2v) is 4.88. The lowest BCUT2D eigenvalue weighted by molar-refractivity contribution is -0.114. The summed E-state index contributed by atoms with van der Waals surface area (Å²) in [5.74, 6) is 0.424. The van der Waals surface area contributed by atoms with Gasteiger partial charge in [0.15, 0.2) is 0 Å². The SMILES string of the molecule is [CH2]c1nccc(-c2cc(NC(C)=O)c(C)s2)n1. The maximum absolute atomic E-state index is 11.0. The fourth-order valence-electron chi connectivity index (χ4n) is 1.46. The Hall–Kier alpha value is -1.75. The molecular formula is C12H12N3OS. The number of hydrogen-bond donors (Lipinski definition) is 1. The van der Waals surface area contributed by atoms with Gasteiger partial charge in [0.25, 0.3) is 0 Å². The number of aromatic nitrogens is 2. The number of thiophene rings is 1. The lowest BCUT2D eigenvalue weighted by Gasteiger charge is -1.98. The van der Waals surface area contributed by atoms with Crippen molar-refractivity contribution in [1.82, 2.24) is 9.97 Å².